The minimum Gasteiger partial charge on any atom is -0.456 e. The number of hydrogen-bond acceptors (Lipinski definition) is 8. The molecule has 0 saturated heterocycles. The van der Waals surface area contributed by atoms with Gasteiger partial charge in [0, 0.05) is 21.4 Å². The summed E-state index contributed by atoms with van der Waals surface area (Å²) in [5.74, 6) is -1.12. The zero-order valence-corrected chi connectivity index (χ0v) is 34.3. The van der Waals surface area contributed by atoms with E-state index in [4.69, 9.17) is 43.0 Å². The molecule has 6 aromatic rings. The molecule has 12 nitrogen and oxygen atoms in total. The van der Waals surface area contributed by atoms with Crippen LogP contribution in [0, 0.1) is 5.82 Å². The van der Waals surface area contributed by atoms with Crippen molar-refractivity contribution in [2.45, 2.75) is 28.8 Å². The van der Waals surface area contributed by atoms with Gasteiger partial charge in [0.25, 0.3) is 0 Å². The summed E-state index contributed by atoms with van der Waals surface area (Å²) in [4.78, 5) is 23.8. The van der Waals surface area contributed by atoms with Gasteiger partial charge in [-0.2, -0.15) is 13.2 Å². The molecule has 6 rings (SSSR count). The molecule has 0 bridgehead atoms. The normalized spacial score (nSPS) is 11.5. The molecule has 0 heterocycles. The van der Waals surface area contributed by atoms with E-state index < -0.39 is 60.7 Å². The van der Waals surface area contributed by atoms with Crippen LogP contribution in [0.3, 0.4) is 0 Å². The van der Waals surface area contributed by atoms with Gasteiger partial charge < -0.3 is 20.1 Å². The summed E-state index contributed by atoms with van der Waals surface area (Å²) in [6.07, 6.45) is -5.19. The SMILES string of the molecule is NS(=O)(=O)c1cc(NC(=O)Cc2ccc(F)cc2)ccc1Oc1cccc(Cl)c1.NS(=O)(=O)c1cc(NC(=O)Cc2ccccc2C(F)(F)F)ccc1Oc1cccc(Cl)c1. The predicted octanol–water partition coefficient (Wildman–Crippen LogP) is 9.08. The number of hydrogen-bond donors (Lipinski definition) is 4. The standard InChI is InChI=1S/C21H16ClF3N2O4S.C20H16ClFN2O4S/c22-14-5-3-6-16(11-14)31-18-9-8-15(12-19(18)32(26,29)30)27-20(28)10-13-4-1-2-7-17(13)21(23,24)25;21-14-2-1-3-17(11-14)28-18-9-8-16(12-19(18)29(23,26)27)24-20(25)10-13-4-6-15(22)7-5-13/h1-9,11-12H,10H2,(H,27,28)(H2,26,29,30);1-9,11-12H,10H2,(H,24,25)(H2,23,26,27). The Labute approximate surface area is 357 Å². The molecule has 0 saturated carbocycles. The van der Waals surface area contributed by atoms with Crippen LogP contribution in [0.25, 0.3) is 0 Å². The molecule has 0 aliphatic rings. The third-order valence-electron chi connectivity index (χ3n) is 8.07. The third-order valence-corrected chi connectivity index (χ3v) is 10.4. The Balaban J connectivity index is 0.000000232. The van der Waals surface area contributed by atoms with Crippen LogP contribution in [0.1, 0.15) is 16.7 Å². The number of sulfonamides is 2. The monoisotopic (exact) mass is 918 g/mol. The number of carbonyl (C=O) groups excluding carboxylic acids is 2. The second kappa shape index (κ2) is 19.6. The van der Waals surface area contributed by atoms with Crippen molar-refractivity contribution in [3.63, 3.8) is 0 Å². The van der Waals surface area contributed by atoms with Crippen LogP contribution in [0.5, 0.6) is 23.0 Å². The van der Waals surface area contributed by atoms with Crippen molar-refractivity contribution >= 4 is 66.4 Å². The summed E-state index contributed by atoms with van der Waals surface area (Å²) in [6.45, 7) is 0. The molecule has 0 unspecified atom stereocenters. The number of rotatable bonds is 12. The molecule has 0 atom stereocenters. The Bertz CT molecular complexity index is 2800. The highest BCUT2D eigenvalue weighted by molar-refractivity contribution is 7.89. The van der Waals surface area contributed by atoms with E-state index in [-0.39, 0.29) is 45.5 Å². The summed E-state index contributed by atoms with van der Waals surface area (Å²) >= 11 is 11.8. The maximum Gasteiger partial charge on any atom is 0.416 e. The van der Waals surface area contributed by atoms with Gasteiger partial charge >= 0.3 is 6.18 Å². The highest BCUT2D eigenvalue weighted by atomic mass is 35.5. The first-order valence-corrected chi connectivity index (χ1v) is 21.2. The van der Waals surface area contributed by atoms with Gasteiger partial charge in [-0.1, -0.05) is 65.7 Å². The number of ether oxygens (including phenoxy) is 2. The van der Waals surface area contributed by atoms with E-state index in [1.165, 1.54) is 84.9 Å². The van der Waals surface area contributed by atoms with Crippen molar-refractivity contribution in [1.82, 2.24) is 0 Å². The van der Waals surface area contributed by atoms with Crippen molar-refractivity contribution in [2.24, 2.45) is 10.3 Å². The highest BCUT2D eigenvalue weighted by Gasteiger charge is 2.33. The fourth-order valence-electron chi connectivity index (χ4n) is 5.42. The molecular weight excluding hydrogens is 888 g/mol. The Kier molecular flexibility index (Phi) is 14.8. The summed E-state index contributed by atoms with van der Waals surface area (Å²) < 4.78 is 112. The van der Waals surface area contributed by atoms with E-state index in [0.29, 0.717) is 21.4 Å². The number of primary sulfonamides is 2. The fraction of sp³-hybridized carbons (Fsp3) is 0.0732. The number of alkyl halides is 3. The average molecular weight is 920 g/mol. The van der Waals surface area contributed by atoms with Crippen molar-refractivity contribution in [2.75, 3.05) is 10.6 Å². The van der Waals surface area contributed by atoms with E-state index in [9.17, 15) is 44.0 Å². The van der Waals surface area contributed by atoms with Crippen LogP contribution in [0.4, 0.5) is 28.9 Å². The molecule has 2 amide bonds. The van der Waals surface area contributed by atoms with Crippen LogP contribution in [0.2, 0.25) is 10.0 Å². The van der Waals surface area contributed by atoms with E-state index in [0.717, 1.165) is 12.1 Å². The number of halogens is 6. The molecule has 0 aromatic heterocycles. The van der Waals surface area contributed by atoms with E-state index >= 15 is 0 Å². The van der Waals surface area contributed by atoms with E-state index in [1.807, 2.05) is 0 Å². The number of nitrogens with one attached hydrogen (secondary N) is 2. The smallest absolute Gasteiger partial charge is 0.416 e. The Morgan fingerprint density at radius 1 is 0.590 bits per heavy atom. The first-order valence-electron chi connectivity index (χ1n) is 17.3. The first-order chi connectivity index (χ1) is 28.6. The summed E-state index contributed by atoms with van der Waals surface area (Å²) in [7, 11) is -8.40. The molecule has 318 valence electrons. The zero-order chi connectivity index (χ0) is 44.5. The highest BCUT2D eigenvalue weighted by Crippen LogP contribution is 2.35. The van der Waals surface area contributed by atoms with Crippen LogP contribution >= 0.6 is 23.2 Å². The molecule has 0 spiro atoms. The Hall–Kier alpha value is -6.02. The molecule has 0 radical (unpaired) electrons. The summed E-state index contributed by atoms with van der Waals surface area (Å²) in [6, 6.07) is 30.5. The van der Waals surface area contributed by atoms with Gasteiger partial charge in [-0.25, -0.2) is 31.5 Å². The number of anilines is 2. The van der Waals surface area contributed by atoms with Gasteiger partial charge in [0.05, 0.1) is 18.4 Å². The minimum atomic E-state index is -4.61. The second-order valence-electron chi connectivity index (χ2n) is 12.8. The summed E-state index contributed by atoms with van der Waals surface area (Å²) in [5.41, 5.74) is -0.297. The molecule has 0 fully saturated rings. The lowest BCUT2D eigenvalue weighted by atomic mass is 10.0. The third kappa shape index (κ3) is 13.8. The van der Waals surface area contributed by atoms with Gasteiger partial charge in [-0.05, 0) is 102 Å². The maximum absolute atomic E-state index is 13.1. The predicted molar refractivity (Wildman–Crippen MR) is 221 cm³/mol. The van der Waals surface area contributed by atoms with Crippen LogP contribution < -0.4 is 30.4 Å². The van der Waals surface area contributed by atoms with Crippen LogP contribution in [-0.2, 0) is 48.7 Å². The number of nitrogens with two attached hydrogens (primary N) is 2. The van der Waals surface area contributed by atoms with Crippen LogP contribution in [-0.4, -0.2) is 28.6 Å². The number of benzene rings is 6. The molecule has 6 aromatic carbocycles. The lowest BCUT2D eigenvalue weighted by molar-refractivity contribution is -0.138. The van der Waals surface area contributed by atoms with E-state index in [1.54, 1.807) is 36.4 Å². The minimum absolute atomic E-state index is 0.00806. The quantitative estimate of drug-likeness (QED) is 0.0872. The lowest BCUT2D eigenvalue weighted by Crippen LogP contribution is -2.19. The zero-order valence-electron chi connectivity index (χ0n) is 31.1. The van der Waals surface area contributed by atoms with Gasteiger partial charge in [0.15, 0.2) is 0 Å². The largest absolute Gasteiger partial charge is 0.456 e. The van der Waals surface area contributed by atoms with Gasteiger partial charge in [-0.3, -0.25) is 9.59 Å². The van der Waals surface area contributed by atoms with Gasteiger partial charge in [0.2, 0.25) is 31.9 Å². The first kappa shape index (κ1) is 46.1. The van der Waals surface area contributed by atoms with Crippen LogP contribution in [0.15, 0.2) is 143 Å². The molecule has 0 aliphatic carbocycles. The van der Waals surface area contributed by atoms with Gasteiger partial charge in [-0.15, -0.1) is 0 Å². The van der Waals surface area contributed by atoms with Crippen molar-refractivity contribution in [1.29, 1.82) is 0 Å². The van der Waals surface area contributed by atoms with Gasteiger partial charge in [0.1, 0.15) is 38.6 Å². The molecule has 61 heavy (non-hydrogen) atoms. The van der Waals surface area contributed by atoms with Crippen molar-refractivity contribution < 1.29 is 53.5 Å². The molecular formula is C41H32Cl2F4N4O8S2. The molecule has 20 heteroatoms. The lowest BCUT2D eigenvalue weighted by Gasteiger charge is -2.14. The van der Waals surface area contributed by atoms with E-state index in [2.05, 4.69) is 10.6 Å². The fourth-order valence-corrected chi connectivity index (χ4v) is 7.15. The Morgan fingerprint density at radius 2 is 1.05 bits per heavy atom. The summed E-state index contributed by atoms with van der Waals surface area (Å²) in [5, 5.41) is 16.3. The average Bonchev–Trinajstić information content (AvgIpc) is 3.16. The topological polar surface area (TPSA) is 197 Å². The van der Waals surface area contributed by atoms with Crippen molar-refractivity contribution in [3.8, 4) is 23.0 Å². The number of amides is 2. The maximum atomic E-state index is 13.1. The second-order valence-corrected chi connectivity index (χ2v) is 16.7. The molecule has 0 aliphatic heterocycles. The molecule has 6 N–H and O–H groups in total. The van der Waals surface area contributed by atoms with Crippen molar-refractivity contribution in [3.05, 3.63) is 166 Å². The Morgan fingerprint density at radius 3 is 1.49 bits per heavy atom. The number of carbonyl (C=O) groups is 2.